The molecule has 2 heterocycles. The van der Waals surface area contributed by atoms with Gasteiger partial charge in [0, 0.05) is 0 Å². The van der Waals surface area contributed by atoms with Crippen LogP contribution in [-0.4, -0.2) is 23.1 Å². The number of nitrogen functional groups attached to an aromatic ring is 1. The average molecular weight is 309 g/mol. The highest BCUT2D eigenvalue weighted by molar-refractivity contribution is 5.85. The number of hydrogen-bond acceptors (Lipinski definition) is 4. The van der Waals surface area contributed by atoms with Crippen LogP contribution in [0.3, 0.4) is 0 Å². The fourth-order valence-corrected chi connectivity index (χ4v) is 2.39. The number of H-pyrrole nitrogens is 1. The van der Waals surface area contributed by atoms with E-state index >= 15 is 0 Å². The van der Waals surface area contributed by atoms with Crippen LogP contribution in [0.4, 0.5) is 5.82 Å². The van der Waals surface area contributed by atoms with Crippen LogP contribution in [0.1, 0.15) is 30.7 Å². The third kappa shape index (κ3) is 5.01. The quantitative estimate of drug-likeness (QED) is 0.789. The van der Waals surface area contributed by atoms with Crippen LogP contribution in [-0.2, 0) is 6.42 Å². The first-order chi connectivity index (χ1) is 8.16. The first-order valence-electron chi connectivity index (χ1n) is 6.23. The lowest BCUT2D eigenvalue weighted by molar-refractivity contribution is 0.354. The molecule has 0 saturated carbocycles. The van der Waals surface area contributed by atoms with E-state index in [4.69, 9.17) is 5.73 Å². The summed E-state index contributed by atoms with van der Waals surface area (Å²) in [5, 5.41) is 3.34. The Labute approximate surface area is 125 Å². The summed E-state index contributed by atoms with van der Waals surface area (Å²) in [5.41, 5.74) is 6.36. The van der Waals surface area contributed by atoms with Gasteiger partial charge in [-0.25, -0.2) is 4.98 Å². The largest absolute Gasteiger partial charge is 0.383 e. The molecule has 1 aromatic rings. The third-order valence-corrected chi connectivity index (χ3v) is 3.43. The second-order valence-corrected chi connectivity index (χ2v) is 4.75. The van der Waals surface area contributed by atoms with E-state index in [1.165, 1.54) is 12.8 Å². The summed E-state index contributed by atoms with van der Waals surface area (Å²) < 4.78 is 0. The Morgan fingerprint density at radius 3 is 2.53 bits per heavy atom. The average Bonchev–Trinajstić information content (AvgIpc) is 2.29. The molecule has 19 heavy (non-hydrogen) atoms. The van der Waals surface area contributed by atoms with Gasteiger partial charge in [0.25, 0.3) is 5.56 Å². The Hall–Kier alpha value is -0.780. The minimum absolute atomic E-state index is 0. The number of nitrogens with two attached hydrogens (primary N) is 1. The van der Waals surface area contributed by atoms with Crippen molar-refractivity contribution in [3.8, 4) is 0 Å². The van der Waals surface area contributed by atoms with Crippen LogP contribution in [0.25, 0.3) is 0 Å². The number of aromatic nitrogens is 2. The number of nitrogens with zero attached hydrogens (tertiary/aromatic N) is 1. The summed E-state index contributed by atoms with van der Waals surface area (Å²) in [6.45, 7) is 3.92. The third-order valence-electron chi connectivity index (χ3n) is 3.43. The molecular formula is C12H22Cl2N4O. The van der Waals surface area contributed by atoms with Crippen LogP contribution >= 0.6 is 24.8 Å². The molecule has 1 fully saturated rings. The molecule has 110 valence electrons. The topological polar surface area (TPSA) is 83.8 Å². The highest BCUT2D eigenvalue weighted by atomic mass is 35.5. The van der Waals surface area contributed by atoms with Crippen molar-refractivity contribution in [2.75, 3.05) is 18.8 Å². The number of piperidine rings is 1. The van der Waals surface area contributed by atoms with E-state index in [1.54, 1.807) is 6.92 Å². The van der Waals surface area contributed by atoms with Gasteiger partial charge < -0.3 is 16.0 Å². The lowest BCUT2D eigenvalue weighted by Crippen LogP contribution is -2.28. The number of halogens is 2. The maximum absolute atomic E-state index is 11.7. The monoisotopic (exact) mass is 308 g/mol. The molecule has 0 unspecified atom stereocenters. The molecule has 5 nitrogen and oxygen atoms in total. The van der Waals surface area contributed by atoms with Gasteiger partial charge in [0.05, 0.1) is 5.56 Å². The molecule has 0 aromatic carbocycles. The lowest BCUT2D eigenvalue weighted by Gasteiger charge is -2.22. The van der Waals surface area contributed by atoms with E-state index in [0.717, 1.165) is 25.9 Å². The van der Waals surface area contributed by atoms with Crippen LogP contribution in [0.2, 0.25) is 0 Å². The Bertz CT molecular complexity index is 444. The number of aromatic amines is 1. The van der Waals surface area contributed by atoms with E-state index in [0.29, 0.717) is 23.1 Å². The summed E-state index contributed by atoms with van der Waals surface area (Å²) >= 11 is 0. The molecule has 0 amide bonds. The number of aryl methyl sites for hydroxylation is 1. The molecule has 0 bridgehead atoms. The van der Waals surface area contributed by atoms with Gasteiger partial charge in [-0.05, 0) is 51.6 Å². The minimum atomic E-state index is -0.0797. The number of hydrogen-bond donors (Lipinski definition) is 3. The van der Waals surface area contributed by atoms with Crippen molar-refractivity contribution in [1.82, 2.24) is 15.3 Å². The van der Waals surface area contributed by atoms with Gasteiger partial charge in [-0.15, -0.1) is 24.8 Å². The van der Waals surface area contributed by atoms with Crippen LogP contribution < -0.4 is 16.6 Å². The zero-order chi connectivity index (χ0) is 12.3. The van der Waals surface area contributed by atoms with E-state index in [9.17, 15) is 4.79 Å². The normalized spacial score (nSPS) is 15.4. The molecule has 7 heteroatoms. The van der Waals surface area contributed by atoms with E-state index < -0.39 is 0 Å². The van der Waals surface area contributed by atoms with Crippen molar-refractivity contribution >= 4 is 30.6 Å². The van der Waals surface area contributed by atoms with Crippen molar-refractivity contribution in [1.29, 1.82) is 0 Å². The highest BCUT2D eigenvalue weighted by Crippen LogP contribution is 2.18. The maximum Gasteiger partial charge on any atom is 0.256 e. The fraction of sp³-hybridized carbons (Fsp3) is 0.667. The Balaban J connectivity index is 0.00000162. The zero-order valence-electron chi connectivity index (χ0n) is 11.1. The summed E-state index contributed by atoms with van der Waals surface area (Å²) in [5.74, 6) is 1.68. The summed E-state index contributed by atoms with van der Waals surface area (Å²) in [7, 11) is 0. The molecule has 1 aromatic heterocycles. The van der Waals surface area contributed by atoms with E-state index in [-0.39, 0.29) is 30.4 Å². The molecule has 2 rings (SSSR count). The van der Waals surface area contributed by atoms with Crippen molar-refractivity contribution in [3.63, 3.8) is 0 Å². The molecule has 0 atom stereocenters. The minimum Gasteiger partial charge on any atom is -0.383 e. The molecular weight excluding hydrogens is 287 g/mol. The number of nitrogens with one attached hydrogen (secondary N) is 2. The van der Waals surface area contributed by atoms with Gasteiger partial charge >= 0.3 is 0 Å². The number of anilines is 1. The smallest absolute Gasteiger partial charge is 0.256 e. The summed E-state index contributed by atoms with van der Waals surface area (Å²) in [4.78, 5) is 18.6. The SMILES string of the molecule is Cc1nc(N)c(CCC2CCNCC2)c(=O)[nH]1.Cl.Cl. The lowest BCUT2D eigenvalue weighted by atomic mass is 9.92. The molecule has 0 aliphatic carbocycles. The van der Waals surface area contributed by atoms with Gasteiger partial charge in [0.15, 0.2) is 0 Å². The van der Waals surface area contributed by atoms with Gasteiger partial charge in [0.2, 0.25) is 0 Å². The van der Waals surface area contributed by atoms with Gasteiger partial charge in [-0.3, -0.25) is 4.79 Å². The molecule has 0 spiro atoms. The van der Waals surface area contributed by atoms with Gasteiger partial charge in [-0.1, -0.05) is 0 Å². The van der Waals surface area contributed by atoms with Crippen molar-refractivity contribution < 1.29 is 0 Å². The van der Waals surface area contributed by atoms with Crippen LogP contribution in [0.5, 0.6) is 0 Å². The maximum atomic E-state index is 11.7. The Morgan fingerprint density at radius 1 is 1.32 bits per heavy atom. The Morgan fingerprint density at radius 2 is 1.95 bits per heavy atom. The zero-order valence-corrected chi connectivity index (χ0v) is 12.7. The standard InChI is InChI=1S/C12H20N4O.2ClH/c1-8-15-11(13)10(12(17)16-8)3-2-9-4-6-14-7-5-9;;/h9,14H,2-7H2,1H3,(H3,13,15,16,17);2*1H. The van der Waals surface area contributed by atoms with E-state index in [2.05, 4.69) is 15.3 Å². The summed E-state index contributed by atoms with van der Waals surface area (Å²) in [6.07, 6.45) is 4.15. The fourth-order valence-electron chi connectivity index (χ4n) is 2.39. The highest BCUT2D eigenvalue weighted by Gasteiger charge is 2.15. The second kappa shape index (κ2) is 8.40. The molecule has 1 aliphatic heterocycles. The van der Waals surface area contributed by atoms with E-state index in [1.807, 2.05) is 0 Å². The molecule has 1 saturated heterocycles. The second-order valence-electron chi connectivity index (χ2n) is 4.75. The van der Waals surface area contributed by atoms with Crippen molar-refractivity contribution in [2.24, 2.45) is 5.92 Å². The van der Waals surface area contributed by atoms with Crippen LogP contribution in [0.15, 0.2) is 4.79 Å². The first kappa shape index (κ1) is 18.2. The van der Waals surface area contributed by atoms with Crippen molar-refractivity contribution in [2.45, 2.75) is 32.6 Å². The van der Waals surface area contributed by atoms with Crippen molar-refractivity contribution in [3.05, 3.63) is 21.7 Å². The number of rotatable bonds is 3. The predicted molar refractivity (Wildman–Crippen MR) is 82.4 cm³/mol. The Kier molecular flexibility index (Phi) is 8.06. The first-order valence-corrected chi connectivity index (χ1v) is 6.23. The molecule has 4 N–H and O–H groups in total. The van der Waals surface area contributed by atoms with Crippen LogP contribution in [0, 0.1) is 12.8 Å². The molecule has 1 aliphatic rings. The molecule has 0 radical (unpaired) electrons. The predicted octanol–water partition coefficient (Wildman–Crippen LogP) is 1.44. The summed E-state index contributed by atoms with van der Waals surface area (Å²) in [6, 6.07) is 0. The van der Waals surface area contributed by atoms with Gasteiger partial charge in [-0.2, -0.15) is 0 Å². The van der Waals surface area contributed by atoms with Gasteiger partial charge in [0.1, 0.15) is 11.6 Å².